The van der Waals surface area contributed by atoms with Crippen LogP contribution >= 0.6 is 0 Å². The Morgan fingerprint density at radius 3 is 2.04 bits per heavy atom. The zero-order chi connectivity index (χ0) is 18.2. The molecule has 5 nitrogen and oxygen atoms in total. The van der Waals surface area contributed by atoms with Crippen LogP contribution < -0.4 is 5.32 Å². The number of hydrogen-bond acceptors (Lipinski definition) is 5. The average Bonchev–Trinajstić information content (AvgIpc) is 3.21. The van der Waals surface area contributed by atoms with Gasteiger partial charge in [0.05, 0.1) is 24.8 Å². The van der Waals surface area contributed by atoms with E-state index in [2.05, 4.69) is 17.5 Å². The standard InChI is InChI=1S/C21H17N3O2/c22-13-20(14-23)17(15-7-3-1-4-8-15)21(11-12-26-19(21)25)24-18(20)16-9-5-2-6-10-16/h1-10,17-18,24H,11-12H2/t17?,18-,21-/m1/s1. The molecule has 2 aliphatic rings. The van der Waals surface area contributed by atoms with Gasteiger partial charge < -0.3 is 4.74 Å². The number of ether oxygens (including phenoxy) is 1. The Morgan fingerprint density at radius 1 is 0.962 bits per heavy atom. The molecule has 2 fully saturated rings. The minimum Gasteiger partial charge on any atom is -0.464 e. The minimum absolute atomic E-state index is 0.281. The Bertz CT molecular complexity index is 900. The Kier molecular flexibility index (Phi) is 3.76. The summed E-state index contributed by atoms with van der Waals surface area (Å²) in [5.74, 6) is -1.01. The third-order valence-electron chi connectivity index (χ3n) is 5.54. The highest BCUT2D eigenvalue weighted by Gasteiger charge is 2.69. The summed E-state index contributed by atoms with van der Waals surface area (Å²) < 4.78 is 5.29. The van der Waals surface area contributed by atoms with Crippen molar-refractivity contribution in [3.63, 3.8) is 0 Å². The fourth-order valence-corrected chi connectivity index (χ4v) is 4.41. The largest absolute Gasteiger partial charge is 0.464 e. The highest BCUT2D eigenvalue weighted by atomic mass is 16.5. The van der Waals surface area contributed by atoms with Gasteiger partial charge in [-0.1, -0.05) is 60.7 Å². The quantitative estimate of drug-likeness (QED) is 0.848. The molecule has 4 rings (SSSR count). The van der Waals surface area contributed by atoms with E-state index >= 15 is 0 Å². The van der Waals surface area contributed by atoms with Gasteiger partial charge in [0.15, 0.2) is 5.41 Å². The van der Waals surface area contributed by atoms with E-state index in [9.17, 15) is 15.3 Å². The Balaban J connectivity index is 1.97. The van der Waals surface area contributed by atoms with E-state index < -0.39 is 22.9 Å². The zero-order valence-corrected chi connectivity index (χ0v) is 14.1. The molecule has 2 aliphatic heterocycles. The number of carbonyl (C=O) groups excluding carboxylic acids is 1. The second-order valence-electron chi connectivity index (χ2n) is 6.78. The molecule has 26 heavy (non-hydrogen) atoms. The molecule has 0 radical (unpaired) electrons. The Hall–Kier alpha value is -3.15. The van der Waals surface area contributed by atoms with Crippen LogP contribution in [0.3, 0.4) is 0 Å². The number of nitriles is 2. The number of nitrogens with one attached hydrogen (secondary N) is 1. The lowest BCUT2D eigenvalue weighted by Crippen LogP contribution is -2.49. The summed E-state index contributed by atoms with van der Waals surface area (Å²) in [6.45, 7) is 0.281. The summed E-state index contributed by atoms with van der Waals surface area (Å²) in [5.41, 5.74) is -0.896. The van der Waals surface area contributed by atoms with E-state index in [1.165, 1.54) is 0 Å². The summed E-state index contributed by atoms with van der Waals surface area (Å²) in [7, 11) is 0. The van der Waals surface area contributed by atoms with Crippen LogP contribution in [-0.4, -0.2) is 18.1 Å². The molecule has 1 N–H and O–H groups in total. The van der Waals surface area contributed by atoms with Crippen LogP contribution in [-0.2, 0) is 9.53 Å². The molecule has 5 heteroatoms. The Labute approximate surface area is 151 Å². The fourth-order valence-electron chi connectivity index (χ4n) is 4.41. The van der Waals surface area contributed by atoms with Gasteiger partial charge in [0.2, 0.25) is 0 Å². The lowest BCUT2D eigenvalue weighted by atomic mass is 9.64. The molecule has 3 atom stereocenters. The topological polar surface area (TPSA) is 85.9 Å². The van der Waals surface area contributed by atoms with Gasteiger partial charge in [0.25, 0.3) is 0 Å². The van der Waals surface area contributed by atoms with Crippen LogP contribution in [0.25, 0.3) is 0 Å². The van der Waals surface area contributed by atoms with Crippen molar-refractivity contribution in [2.45, 2.75) is 23.9 Å². The number of nitrogens with zero attached hydrogens (tertiary/aromatic N) is 2. The second kappa shape index (κ2) is 5.98. The van der Waals surface area contributed by atoms with Crippen molar-refractivity contribution >= 4 is 5.97 Å². The predicted molar refractivity (Wildman–Crippen MR) is 93.5 cm³/mol. The molecule has 2 saturated heterocycles. The smallest absolute Gasteiger partial charge is 0.327 e. The lowest BCUT2D eigenvalue weighted by Gasteiger charge is -2.31. The summed E-state index contributed by atoms with van der Waals surface area (Å²) in [5, 5.41) is 23.6. The van der Waals surface area contributed by atoms with Gasteiger partial charge in [-0.05, 0) is 11.1 Å². The number of cyclic esters (lactones) is 1. The summed E-state index contributed by atoms with van der Waals surface area (Å²) in [6, 6.07) is 22.7. The maximum Gasteiger partial charge on any atom is 0.327 e. The van der Waals surface area contributed by atoms with Crippen molar-refractivity contribution < 1.29 is 9.53 Å². The lowest BCUT2D eigenvalue weighted by molar-refractivity contribution is -0.143. The molecule has 0 aliphatic carbocycles. The fraction of sp³-hybridized carbons (Fsp3) is 0.286. The highest BCUT2D eigenvalue weighted by Crippen LogP contribution is 2.58. The maximum absolute atomic E-state index is 12.8. The van der Waals surface area contributed by atoms with Crippen molar-refractivity contribution in [3.05, 3.63) is 71.8 Å². The maximum atomic E-state index is 12.8. The van der Waals surface area contributed by atoms with Crippen molar-refractivity contribution in [1.82, 2.24) is 5.32 Å². The van der Waals surface area contributed by atoms with Gasteiger partial charge in [0, 0.05) is 12.3 Å². The second-order valence-corrected chi connectivity index (χ2v) is 6.78. The monoisotopic (exact) mass is 343 g/mol. The molecule has 2 aromatic rings. The van der Waals surface area contributed by atoms with Gasteiger partial charge >= 0.3 is 5.97 Å². The van der Waals surface area contributed by atoms with Crippen LogP contribution in [0.15, 0.2) is 60.7 Å². The molecule has 1 unspecified atom stereocenters. The molecule has 0 aromatic heterocycles. The minimum atomic E-state index is -1.42. The van der Waals surface area contributed by atoms with E-state index in [4.69, 9.17) is 4.74 Å². The molecular weight excluding hydrogens is 326 g/mol. The third-order valence-corrected chi connectivity index (χ3v) is 5.54. The molecule has 2 aromatic carbocycles. The van der Waals surface area contributed by atoms with Crippen LogP contribution in [0, 0.1) is 28.1 Å². The van der Waals surface area contributed by atoms with Crippen LogP contribution in [0.1, 0.15) is 29.5 Å². The van der Waals surface area contributed by atoms with E-state index in [1.807, 2.05) is 60.7 Å². The van der Waals surface area contributed by atoms with Crippen molar-refractivity contribution in [1.29, 1.82) is 10.5 Å². The van der Waals surface area contributed by atoms with E-state index in [0.29, 0.717) is 6.42 Å². The number of hydrogen-bond donors (Lipinski definition) is 1. The molecular formula is C21H17N3O2. The van der Waals surface area contributed by atoms with Gasteiger partial charge in [-0.15, -0.1) is 0 Å². The van der Waals surface area contributed by atoms with Crippen molar-refractivity contribution in [3.8, 4) is 12.1 Å². The third kappa shape index (κ3) is 2.08. The summed E-state index contributed by atoms with van der Waals surface area (Å²) >= 11 is 0. The van der Waals surface area contributed by atoms with Crippen LogP contribution in [0.2, 0.25) is 0 Å². The van der Waals surface area contributed by atoms with E-state index in [1.54, 1.807) is 0 Å². The number of benzene rings is 2. The molecule has 128 valence electrons. The van der Waals surface area contributed by atoms with Gasteiger partial charge in [-0.25, -0.2) is 0 Å². The summed E-state index contributed by atoms with van der Waals surface area (Å²) in [6.07, 6.45) is 0.430. The van der Waals surface area contributed by atoms with E-state index in [-0.39, 0.29) is 12.6 Å². The van der Waals surface area contributed by atoms with Gasteiger partial charge in [-0.2, -0.15) is 10.5 Å². The molecule has 0 saturated carbocycles. The SMILES string of the molecule is N#CC1(C#N)C(c2ccccc2)[C@@]2(CCOC2=O)N[C@@H]1c1ccccc1. The van der Waals surface area contributed by atoms with Crippen molar-refractivity contribution in [2.24, 2.45) is 5.41 Å². The number of carbonyl (C=O) groups is 1. The zero-order valence-electron chi connectivity index (χ0n) is 14.1. The molecule has 1 spiro atoms. The molecule has 0 bridgehead atoms. The first-order valence-corrected chi connectivity index (χ1v) is 8.55. The van der Waals surface area contributed by atoms with Crippen LogP contribution in [0.4, 0.5) is 0 Å². The van der Waals surface area contributed by atoms with Gasteiger partial charge in [-0.3, -0.25) is 10.1 Å². The average molecular weight is 343 g/mol. The highest BCUT2D eigenvalue weighted by molar-refractivity contribution is 5.86. The Morgan fingerprint density at radius 2 is 1.54 bits per heavy atom. The van der Waals surface area contributed by atoms with E-state index in [0.717, 1.165) is 11.1 Å². The first-order valence-electron chi connectivity index (χ1n) is 8.55. The van der Waals surface area contributed by atoms with Gasteiger partial charge in [0.1, 0.15) is 5.54 Å². The van der Waals surface area contributed by atoms with Crippen LogP contribution in [0.5, 0.6) is 0 Å². The number of rotatable bonds is 2. The molecule has 0 amide bonds. The first kappa shape index (κ1) is 16.3. The normalized spacial score (nSPS) is 29.1. The van der Waals surface area contributed by atoms with Crippen molar-refractivity contribution in [2.75, 3.05) is 6.61 Å². The molecule has 2 heterocycles. The summed E-state index contributed by atoms with van der Waals surface area (Å²) in [4.78, 5) is 12.8. The number of esters is 1. The first-order chi connectivity index (χ1) is 12.7. The predicted octanol–water partition coefficient (Wildman–Crippen LogP) is 2.83.